The molecule has 0 radical (unpaired) electrons. The van der Waals surface area contributed by atoms with Crippen molar-refractivity contribution >= 4 is 15.9 Å². The lowest BCUT2D eigenvalue weighted by Crippen LogP contribution is -2.86. The Balaban J connectivity index is 2.32. The predicted molar refractivity (Wildman–Crippen MR) is 115 cm³/mol. The summed E-state index contributed by atoms with van der Waals surface area (Å²) in [4.78, 5) is 0. The Morgan fingerprint density at radius 3 is 2.33 bits per heavy atom. The van der Waals surface area contributed by atoms with Crippen LogP contribution in [0, 0.1) is 0 Å². The summed E-state index contributed by atoms with van der Waals surface area (Å²) >= 11 is 3.50. The van der Waals surface area contributed by atoms with E-state index in [9.17, 15) is 5.11 Å². The number of hydrogen-bond donors (Lipinski definition) is 3. The summed E-state index contributed by atoms with van der Waals surface area (Å²) in [5.74, 6) is 0.0144. The number of hydrogen-bond acceptors (Lipinski definition) is 2. The van der Waals surface area contributed by atoms with E-state index < -0.39 is 5.60 Å². The van der Waals surface area contributed by atoms with Crippen LogP contribution in [0.1, 0.15) is 56.1 Å². The van der Waals surface area contributed by atoms with Gasteiger partial charge in [0.2, 0.25) is 0 Å². The molecule has 4 N–H and O–H groups in total. The maximum Gasteiger partial charge on any atom is 0.102 e. The summed E-state index contributed by atoms with van der Waals surface area (Å²) in [6, 6.07) is 18.5. The third-order valence-electron chi connectivity index (χ3n) is 5.25. The van der Waals surface area contributed by atoms with Crippen LogP contribution in [0.4, 0.5) is 0 Å². The smallest absolute Gasteiger partial charge is 0.102 e. The Bertz CT molecular complexity index is 647. The monoisotopic (exact) mass is 434 g/mol. The van der Waals surface area contributed by atoms with Crippen LogP contribution < -0.4 is 5.32 Å². The average molecular weight is 435 g/mol. The lowest BCUT2D eigenvalue weighted by atomic mass is 9.74. The predicted octanol–water partition coefficient (Wildman–Crippen LogP) is 3.95. The standard InChI is InChI=1S/C23H32BrNO2/c1-2-3-15-23(27,20-11-13-21(24)14-12-20)22(18-25-16-7-8-17-26)19-9-5-4-6-10-19/h4-6,9-14,22,25-27H,2-3,7-8,15-18H2,1H3/p+1. The fraction of sp³-hybridized carbons (Fsp3) is 0.478. The van der Waals surface area contributed by atoms with Gasteiger partial charge >= 0.3 is 0 Å². The van der Waals surface area contributed by atoms with Gasteiger partial charge in [-0.1, -0.05) is 78.2 Å². The number of halogens is 1. The van der Waals surface area contributed by atoms with E-state index in [2.05, 4.69) is 52.4 Å². The maximum absolute atomic E-state index is 11.9. The molecule has 4 heteroatoms. The molecule has 0 bridgehead atoms. The first-order valence-corrected chi connectivity index (χ1v) is 10.9. The minimum Gasteiger partial charge on any atom is -0.396 e. The normalized spacial score (nSPS) is 14.7. The molecule has 27 heavy (non-hydrogen) atoms. The number of rotatable bonds is 12. The van der Waals surface area contributed by atoms with Crippen LogP contribution in [0.3, 0.4) is 0 Å². The van der Waals surface area contributed by atoms with E-state index in [0.29, 0.717) is 0 Å². The molecule has 2 aromatic carbocycles. The van der Waals surface area contributed by atoms with Gasteiger partial charge < -0.3 is 15.5 Å². The van der Waals surface area contributed by atoms with Crippen molar-refractivity contribution in [1.29, 1.82) is 0 Å². The van der Waals surface area contributed by atoms with Crippen LogP contribution in [0.5, 0.6) is 0 Å². The van der Waals surface area contributed by atoms with E-state index in [1.54, 1.807) is 0 Å². The molecule has 0 aromatic heterocycles. The molecule has 0 amide bonds. The minimum absolute atomic E-state index is 0.0144. The van der Waals surface area contributed by atoms with Gasteiger partial charge in [-0.25, -0.2) is 0 Å². The molecule has 0 saturated carbocycles. The maximum atomic E-state index is 11.9. The molecule has 0 heterocycles. The van der Waals surface area contributed by atoms with Crippen molar-refractivity contribution < 1.29 is 15.5 Å². The van der Waals surface area contributed by atoms with E-state index >= 15 is 0 Å². The minimum atomic E-state index is -0.897. The third kappa shape index (κ3) is 6.42. The summed E-state index contributed by atoms with van der Waals surface area (Å²) in [5, 5.41) is 23.2. The van der Waals surface area contributed by atoms with Crippen LogP contribution in [0.25, 0.3) is 0 Å². The van der Waals surface area contributed by atoms with Crippen molar-refractivity contribution in [2.24, 2.45) is 0 Å². The third-order valence-corrected chi connectivity index (χ3v) is 5.78. The Morgan fingerprint density at radius 1 is 1.00 bits per heavy atom. The molecule has 2 aromatic rings. The second kappa shape index (κ2) is 11.6. The molecule has 0 aliphatic rings. The number of unbranched alkanes of at least 4 members (excludes halogenated alkanes) is 2. The summed E-state index contributed by atoms with van der Waals surface area (Å²) in [6.07, 6.45) is 4.61. The fourth-order valence-corrected chi connectivity index (χ4v) is 3.95. The Morgan fingerprint density at radius 2 is 1.70 bits per heavy atom. The van der Waals surface area contributed by atoms with Gasteiger partial charge in [-0.2, -0.15) is 0 Å². The number of benzene rings is 2. The molecular weight excluding hydrogens is 402 g/mol. The first-order chi connectivity index (χ1) is 13.1. The SMILES string of the molecule is CCCCC(O)(c1ccc(Br)cc1)C(C[NH2+]CCCCO)c1ccccc1. The topological polar surface area (TPSA) is 57.1 Å². The van der Waals surface area contributed by atoms with Crippen molar-refractivity contribution in [3.63, 3.8) is 0 Å². The summed E-state index contributed by atoms with van der Waals surface area (Å²) in [5.41, 5.74) is 1.26. The fourth-order valence-electron chi connectivity index (χ4n) is 3.68. The zero-order valence-corrected chi connectivity index (χ0v) is 17.9. The van der Waals surface area contributed by atoms with Crippen LogP contribution in [-0.2, 0) is 5.60 Å². The molecule has 2 unspecified atom stereocenters. The molecule has 3 nitrogen and oxygen atoms in total. The number of quaternary nitrogens is 1. The van der Waals surface area contributed by atoms with E-state index in [4.69, 9.17) is 5.11 Å². The van der Waals surface area contributed by atoms with Crippen molar-refractivity contribution in [1.82, 2.24) is 0 Å². The van der Waals surface area contributed by atoms with E-state index in [0.717, 1.165) is 55.2 Å². The number of aliphatic hydroxyl groups is 2. The lowest BCUT2D eigenvalue weighted by Gasteiger charge is -2.36. The Labute approximate surface area is 172 Å². The first kappa shape index (κ1) is 22.1. The van der Waals surface area contributed by atoms with Gasteiger partial charge in [-0.05, 0) is 42.5 Å². The molecule has 0 aliphatic heterocycles. The highest BCUT2D eigenvalue weighted by Gasteiger charge is 2.40. The largest absolute Gasteiger partial charge is 0.396 e. The number of nitrogens with two attached hydrogens (primary N) is 1. The van der Waals surface area contributed by atoms with Gasteiger partial charge in [0.1, 0.15) is 5.60 Å². The van der Waals surface area contributed by atoms with Gasteiger partial charge in [0.15, 0.2) is 0 Å². The van der Waals surface area contributed by atoms with Crippen molar-refractivity contribution in [3.05, 3.63) is 70.2 Å². The molecule has 0 saturated heterocycles. The highest BCUT2D eigenvalue weighted by molar-refractivity contribution is 9.10. The quantitative estimate of drug-likeness (QED) is 0.443. The first-order valence-electron chi connectivity index (χ1n) is 10.1. The molecule has 2 atom stereocenters. The zero-order chi connectivity index (χ0) is 19.5. The van der Waals surface area contributed by atoms with Gasteiger partial charge in [0.05, 0.1) is 19.0 Å². The van der Waals surface area contributed by atoms with Crippen LogP contribution >= 0.6 is 15.9 Å². The van der Waals surface area contributed by atoms with E-state index in [1.807, 2.05) is 30.3 Å². The molecule has 148 valence electrons. The molecule has 0 spiro atoms. The highest BCUT2D eigenvalue weighted by Crippen LogP contribution is 2.40. The number of aliphatic hydroxyl groups excluding tert-OH is 1. The van der Waals surface area contributed by atoms with E-state index in [1.165, 1.54) is 5.56 Å². The average Bonchev–Trinajstić information content (AvgIpc) is 2.70. The second-order valence-electron chi connectivity index (χ2n) is 7.24. The summed E-state index contributed by atoms with van der Waals surface area (Å²) in [6.45, 7) is 4.20. The second-order valence-corrected chi connectivity index (χ2v) is 8.16. The van der Waals surface area contributed by atoms with E-state index in [-0.39, 0.29) is 12.5 Å². The lowest BCUT2D eigenvalue weighted by molar-refractivity contribution is -0.659. The van der Waals surface area contributed by atoms with Gasteiger partial charge in [-0.3, -0.25) is 0 Å². The van der Waals surface area contributed by atoms with Crippen molar-refractivity contribution in [3.8, 4) is 0 Å². The van der Waals surface area contributed by atoms with Crippen LogP contribution in [0.15, 0.2) is 59.1 Å². The van der Waals surface area contributed by atoms with Crippen LogP contribution in [0.2, 0.25) is 0 Å². The molecule has 2 rings (SSSR count). The van der Waals surface area contributed by atoms with Gasteiger partial charge in [0, 0.05) is 11.1 Å². The van der Waals surface area contributed by atoms with Crippen LogP contribution in [-0.4, -0.2) is 29.9 Å². The summed E-state index contributed by atoms with van der Waals surface area (Å²) < 4.78 is 1.02. The van der Waals surface area contributed by atoms with Crippen molar-refractivity contribution in [2.75, 3.05) is 19.7 Å². The van der Waals surface area contributed by atoms with Gasteiger partial charge in [0.25, 0.3) is 0 Å². The molecule has 0 fully saturated rings. The van der Waals surface area contributed by atoms with Crippen molar-refractivity contribution in [2.45, 2.75) is 50.5 Å². The Hall–Kier alpha value is -1.20. The Kier molecular flexibility index (Phi) is 9.49. The summed E-state index contributed by atoms with van der Waals surface area (Å²) in [7, 11) is 0. The molecule has 0 aliphatic carbocycles. The highest BCUT2D eigenvalue weighted by atomic mass is 79.9. The zero-order valence-electron chi connectivity index (χ0n) is 16.3. The van der Waals surface area contributed by atoms with Gasteiger partial charge in [-0.15, -0.1) is 0 Å². The molecular formula is C23H33BrNO2+.